The van der Waals surface area contributed by atoms with E-state index in [1.54, 1.807) is 6.07 Å². The Bertz CT molecular complexity index is 1200. The van der Waals surface area contributed by atoms with Crippen LogP contribution in [0.15, 0.2) is 54.6 Å². The highest BCUT2D eigenvalue weighted by Gasteiger charge is 2.30. The van der Waals surface area contributed by atoms with Gasteiger partial charge in [0.2, 0.25) is 0 Å². The molecule has 4 nitrogen and oxygen atoms in total. The number of rotatable bonds is 4. The molecule has 0 aliphatic carbocycles. The number of halogens is 3. The molecule has 0 bridgehead atoms. The standard InChI is InChI=1S/C21H15F3N2O2/c1-12(27)15-8-6-13-4-2-3-5-16(13)20(15)28-11-19-25-17-9-7-14(21(22,23)24)10-18(17)26-19/h2-10H,11H2,1H3,(H,25,26). The lowest BCUT2D eigenvalue weighted by Crippen LogP contribution is -2.04. The first-order chi connectivity index (χ1) is 13.3. The summed E-state index contributed by atoms with van der Waals surface area (Å²) in [6.07, 6.45) is -4.42. The zero-order valence-electron chi connectivity index (χ0n) is 14.8. The van der Waals surface area contributed by atoms with Gasteiger partial charge in [-0.05, 0) is 36.6 Å². The van der Waals surface area contributed by atoms with Gasteiger partial charge in [-0.25, -0.2) is 4.98 Å². The number of aromatic amines is 1. The van der Waals surface area contributed by atoms with Crippen molar-refractivity contribution in [3.05, 3.63) is 71.5 Å². The van der Waals surface area contributed by atoms with Gasteiger partial charge in [0.25, 0.3) is 0 Å². The van der Waals surface area contributed by atoms with Crippen LogP contribution in [-0.4, -0.2) is 15.8 Å². The van der Waals surface area contributed by atoms with Gasteiger partial charge in [-0.1, -0.05) is 30.3 Å². The van der Waals surface area contributed by atoms with E-state index in [0.717, 1.165) is 22.9 Å². The summed E-state index contributed by atoms with van der Waals surface area (Å²) in [5.74, 6) is 0.666. The Balaban J connectivity index is 1.68. The number of hydrogen-bond acceptors (Lipinski definition) is 3. The predicted molar refractivity (Wildman–Crippen MR) is 99.4 cm³/mol. The van der Waals surface area contributed by atoms with Crippen LogP contribution in [0.1, 0.15) is 28.7 Å². The second kappa shape index (κ2) is 6.67. The minimum Gasteiger partial charge on any atom is -0.484 e. The Labute approximate surface area is 158 Å². The minimum absolute atomic E-state index is 0.00960. The van der Waals surface area contributed by atoms with Gasteiger partial charge in [-0.15, -0.1) is 0 Å². The van der Waals surface area contributed by atoms with Gasteiger partial charge in [0.1, 0.15) is 18.2 Å². The summed E-state index contributed by atoms with van der Waals surface area (Å²) in [6.45, 7) is 1.45. The van der Waals surface area contributed by atoms with Crippen LogP contribution >= 0.6 is 0 Å². The first kappa shape index (κ1) is 18.0. The molecule has 0 fully saturated rings. The number of benzene rings is 3. The Morgan fingerprint density at radius 3 is 2.64 bits per heavy atom. The van der Waals surface area contributed by atoms with Crippen LogP contribution in [0.25, 0.3) is 21.8 Å². The average Bonchev–Trinajstić information content (AvgIpc) is 3.07. The van der Waals surface area contributed by atoms with Crippen molar-refractivity contribution in [2.45, 2.75) is 19.7 Å². The second-order valence-electron chi connectivity index (χ2n) is 6.42. The summed E-state index contributed by atoms with van der Waals surface area (Å²) in [5.41, 5.74) is 0.382. The van der Waals surface area contributed by atoms with E-state index in [9.17, 15) is 18.0 Å². The molecule has 0 aliphatic heterocycles. The van der Waals surface area contributed by atoms with E-state index in [1.807, 2.05) is 30.3 Å². The third-order valence-corrected chi connectivity index (χ3v) is 4.47. The highest BCUT2D eigenvalue weighted by molar-refractivity contribution is 6.03. The Morgan fingerprint density at radius 2 is 1.89 bits per heavy atom. The van der Waals surface area contributed by atoms with Crippen LogP contribution in [0.2, 0.25) is 0 Å². The second-order valence-corrected chi connectivity index (χ2v) is 6.42. The lowest BCUT2D eigenvalue weighted by molar-refractivity contribution is -0.137. The van der Waals surface area contributed by atoms with Gasteiger partial charge in [0.15, 0.2) is 5.78 Å². The average molecular weight is 384 g/mol. The molecule has 0 atom stereocenters. The summed E-state index contributed by atoms with van der Waals surface area (Å²) in [6, 6.07) is 14.4. The minimum atomic E-state index is -4.42. The molecule has 0 aliphatic rings. The van der Waals surface area contributed by atoms with Crippen molar-refractivity contribution in [3.63, 3.8) is 0 Å². The largest absolute Gasteiger partial charge is 0.484 e. The molecular weight excluding hydrogens is 369 g/mol. The van der Waals surface area contributed by atoms with E-state index in [1.165, 1.54) is 13.0 Å². The Morgan fingerprint density at radius 1 is 1.11 bits per heavy atom. The molecule has 4 aromatic rings. The highest BCUT2D eigenvalue weighted by Crippen LogP contribution is 2.32. The quantitative estimate of drug-likeness (QED) is 0.472. The summed E-state index contributed by atoms with van der Waals surface area (Å²) in [7, 11) is 0. The van der Waals surface area contributed by atoms with Gasteiger partial charge >= 0.3 is 6.18 Å². The Kier molecular flexibility index (Phi) is 4.30. The number of carbonyl (C=O) groups excluding carboxylic acids is 1. The molecule has 0 spiro atoms. The molecular formula is C21H15F3N2O2. The number of ether oxygens (including phenoxy) is 1. The zero-order valence-corrected chi connectivity index (χ0v) is 14.8. The number of aromatic nitrogens is 2. The van der Waals surface area contributed by atoms with E-state index >= 15 is 0 Å². The van der Waals surface area contributed by atoms with Crippen molar-refractivity contribution in [1.82, 2.24) is 9.97 Å². The van der Waals surface area contributed by atoms with E-state index in [0.29, 0.717) is 22.7 Å². The predicted octanol–water partition coefficient (Wildman–Crippen LogP) is 5.52. The zero-order chi connectivity index (χ0) is 19.9. The molecule has 0 amide bonds. The number of fused-ring (bicyclic) bond motifs is 2. The first-order valence-electron chi connectivity index (χ1n) is 8.54. The Hall–Kier alpha value is -3.35. The fourth-order valence-electron chi connectivity index (χ4n) is 3.12. The van der Waals surface area contributed by atoms with Crippen LogP contribution in [0.4, 0.5) is 13.2 Å². The molecule has 1 aromatic heterocycles. The number of ketones is 1. The molecule has 7 heteroatoms. The van der Waals surface area contributed by atoms with Crippen molar-refractivity contribution < 1.29 is 22.7 Å². The van der Waals surface area contributed by atoms with Crippen LogP contribution in [0, 0.1) is 0 Å². The number of Topliss-reactive ketones (excluding diaryl/α,β-unsaturated/α-hetero) is 1. The summed E-state index contributed by atoms with van der Waals surface area (Å²) < 4.78 is 44.5. The number of nitrogens with one attached hydrogen (secondary N) is 1. The van der Waals surface area contributed by atoms with E-state index in [4.69, 9.17) is 4.74 Å². The van der Waals surface area contributed by atoms with Gasteiger partial charge in [0.05, 0.1) is 22.2 Å². The van der Waals surface area contributed by atoms with Crippen LogP contribution in [0.5, 0.6) is 5.75 Å². The van der Waals surface area contributed by atoms with Crippen LogP contribution in [0.3, 0.4) is 0 Å². The monoisotopic (exact) mass is 384 g/mol. The number of H-pyrrole nitrogens is 1. The normalized spacial score (nSPS) is 11.9. The topological polar surface area (TPSA) is 55.0 Å². The fourth-order valence-corrected chi connectivity index (χ4v) is 3.12. The van der Waals surface area contributed by atoms with Crippen LogP contribution in [-0.2, 0) is 12.8 Å². The molecule has 142 valence electrons. The number of carbonyl (C=O) groups is 1. The summed E-state index contributed by atoms with van der Waals surface area (Å²) in [5, 5.41) is 1.70. The van der Waals surface area contributed by atoms with Crippen molar-refractivity contribution in [1.29, 1.82) is 0 Å². The molecule has 0 saturated heterocycles. The molecule has 0 radical (unpaired) electrons. The molecule has 3 aromatic carbocycles. The van der Waals surface area contributed by atoms with Crippen molar-refractivity contribution >= 4 is 27.6 Å². The maximum Gasteiger partial charge on any atom is 0.416 e. The number of alkyl halides is 3. The SMILES string of the molecule is CC(=O)c1ccc2ccccc2c1OCc1nc2ccc(C(F)(F)F)cc2[nH]1. The van der Waals surface area contributed by atoms with E-state index < -0.39 is 11.7 Å². The van der Waals surface area contributed by atoms with Gasteiger partial charge in [0, 0.05) is 5.39 Å². The van der Waals surface area contributed by atoms with Crippen molar-refractivity contribution in [2.75, 3.05) is 0 Å². The first-order valence-corrected chi connectivity index (χ1v) is 8.54. The number of imidazole rings is 1. The maximum atomic E-state index is 12.9. The molecule has 0 unspecified atom stereocenters. The summed E-state index contributed by atoms with van der Waals surface area (Å²) in [4.78, 5) is 19.1. The maximum absolute atomic E-state index is 12.9. The third kappa shape index (κ3) is 3.31. The molecule has 4 rings (SSSR count). The highest BCUT2D eigenvalue weighted by atomic mass is 19.4. The molecule has 0 saturated carbocycles. The van der Waals surface area contributed by atoms with E-state index in [2.05, 4.69) is 9.97 Å². The lowest BCUT2D eigenvalue weighted by Gasteiger charge is -2.12. The lowest BCUT2D eigenvalue weighted by atomic mass is 10.0. The third-order valence-electron chi connectivity index (χ3n) is 4.47. The molecule has 1 N–H and O–H groups in total. The fraction of sp³-hybridized carbons (Fsp3) is 0.143. The molecule has 28 heavy (non-hydrogen) atoms. The van der Waals surface area contributed by atoms with Gasteiger partial charge < -0.3 is 9.72 Å². The molecule has 1 heterocycles. The van der Waals surface area contributed by atoms with Crippen molar-refractivity contribution in [3.8, 4) is 5.75 Å². The van der Waals surface area contributed by atoms with Gasteiger partial charge in [-0.2, -0.15) is 13.2 Å². The smallest absolute Gasteiger partial charge is 0.416 e. The van der Waals surface area contributed by atoms with Gasteiger partial charge in [-0.3, -0.25) is 4.79 Å². The van der Waals surface area contributed by atoms with E-state index in [-0.39, 0.29) is 17.9 Å². The number of nitrogens with zero attached hydrogens (tertiary/aromatic N) is 1. The van der Waals surface area contributed by atoms with Crippen molar-refractivity contribution in [2.24, 2.45) is 0 Å². The number of hydrogen-bond donors (Lipinski definition) is 1. The summed E-state index contributed by atoms with van der Waals surface area (Å²) >= 11 is 0. The van der Waals surface area contributed by atoms with Crippen LogP contribution < -0.4 is 4.74 Å².